The van der Waals surface area contributed by atoms with E-state index in [0.29, 0.717) is 27.5 Å². The molecule has 1 N–H and O–H groups in total. The van der Waals surface area contributed by atoms with Crippen molar-refractivity contribution in [3.8, 4) is 5.69 Å². The number of benzene rings is 2. The Kier molecular flexibility index (Phi) is 6.10. The van der Waals surface area contributed by atoms with Gasteiger partial charge in [0.15, 0.2) is 5.16 Å². The molecule has 150 valence electrons. The number of amides is 1. The highest BCUT2D eigenvalue weighted by Crippen LogP contribution is 2.22. The van der Waals surface area contributed by atoms with Crippen molar-refractivity contribution in [3.63, 3.8) is 0 Å². The highest BCUT2D eigenvalue weighted by molar-refractivity contribution is 9.10. The maximum Gasteiger partial charge on any atom is 0.266 e. The van der Waals surface area contributed by atoms with Crippen molar-refractivity contribution < 1.29 is 9.21 Å². The van der Waals surface area contributed by atoms with Gasteiger partial charge < -0.3 is 4.42 Å². The molecule has 1 amide bonds. The summed E-state index contributed by atoms with van der Waals surface area (Å²) in [6, 6.07) is 17.9. The van der Waals surface area contributed by atoms with Crippen molar-refractivity contribution in [1.29, 1.82) is 0 Å². The van der Waals surface area contributed by atoms with E-state index in [4.69, 9.17) is 4.42 Å². The van der Waals surface area contributed by atoms with Gasteiger partial charge in [0, 0.05) is 4.47 Å². The van der Waals surface area contributed by atoms with Crippen molar-refractivity contribution in [2.24, 2.45) is 5.10 Å². The number of halogens is 1. The fourth-order valence-corrected chi connectivity index (χ4v) is 3.79. The van der Waals surface area contributed by atoms with Crippen LogP contribution in [0.3, 0.4) is 0 Å². The molecule has 7 nitrogen and oxygen atoms in total. The number of thioether (sulfide) groups is 1. The fraction of sp³-hybridized carbons (Fsp3) is 0.0476. The van der Waals surface area contributed by atoms with Crippen molar-refractivity contribution in [2.45, 2.75) is 5.16 Å². The summed E-state index contributed by atoms with van der Waals surface area (Å²) >= 11 is 4.56. The predicted molar refractivity (Wildman–Crippen MR) is 120 cm³/mol. The summed E-state index contributed by atoms with van der Waals surface area (Å²) < 4.78 is 7.53. The Hall–Kier alpha value is -3.17. The van der Waals surface area contributed by atoms with Gasteiger partial charge in [-0.15, -0.1) is 0 Å². The zero-order chi connectivity index (χ0) is 20.9. The highest BCUT2D eigenvalue weighted by Gasteiger charge is 2.14. The maximum atomic E-state index is 13.1. The first kappa shape index (κ1) is 20.1. The molecule has 0 bridgehead atoms. The smallest absolute Gasteiger partial charge is 0.266 e. The summed E-state index contributed by atoms with van der Waals surface area (Å²) in [5.74, 6) is 0.243. The van der Waals surface area contributed by atoms with E-state index in [-0.39, 0.29) is 17.2 Å². The number of carbonyl (C=O) groups excluding carboxylic acids is 1. The molecule has 0 saturated heterocycles. The average molecular weight is 483 g/mol. The van der Waals surface area contributed by atoms with Crippen LogP contribution in [-0.4, -0.2) is 27.4 Å². The minimum Gasteiger partial charge on any atom is -0.463 e. The molecule has 0 aliphatic rings. The molecule has 0 saturated carbocycles. The molecule has 0 radical (unpaired) electrons. The van der Waals surface area contributed by atoms with Crippen molar-refractivity contribution in [3.05, 3.63) is 87.5 Å². The Morgan fingerprint density at radius 1 is 1.17 bits per heavy atom. The molecule has 30 heavy (non-hydrogen) atoms. The van der Waals surface area contributed by atoms with E-state index in [0.717, 1.165) is 16.2 Å². The molecule has 2 heterocycles. The number of para-hydroxylation sites is 1. The van der Waals surface area contributed by atoms with Gasteiger partial charge in [0.05, 0.1) is 34.8 Å². The zero-order valence-corrected chi connectivity index (χ0v) is 17.9. The molecule has 0 fully saturated rings. The summed E-state index contributed by atoms with van der Waals surface area (Å²) in [6.07, 6.45) is 2.93. The number of hydrazone groups is 1. The van der Waals surface area contributed by atoms with Crippen LogP contribution in [0.2, 0.25) is 0 Å². The maximum absolute atomic E-state index is 13.1. The van der Waals surface area contributed by atoms with Crippen molar-refractivity contribution >= 4 is 50.7 Å². The molecule has 0 aliphatic carbocycles. The third-order valence-corrected chi connectivity index (χ3v) is 5.55. The standard InChI is InChI=1S/C21H15BrN4O3S/c22-14-7-9-15(10-8-14)26-20(28)17-5-1-2-6-18(17)24-21(26)30-13-19(27)25-23-12-16-4-3-11-29-16/h1-12H,13H2,(H,25,27)/b23-12+. The minimum absolute atomic E-state index is 0.0385. The second-order valence-electron chi connectivity index (χ2n) is 6.13. The molecule has 4 rings (SSSR count). The normalized spacial score (nSPS) is 11.2. The lowest BCUT2D eigenvalue weighted by molar-refractivity contribution is -0.118. The third kappa shape index (κ3) is 4.52. The number of aromatic nitrogens is 2. The number of fused-ring (bicyclic) bond motifs is 1. The van der Waals surface area contributed by atoms with E-state index in [1.807, 2.05) is 30.3 Å². The largest absolute Gasteiger partial charge is 0.463 e. The van der Waals surface area contributed by atoms with E-state index in [1.54, 1.807) is 30.3 Å². The van der Waals surface area contributed by atoms with E-state index in [1.165, 1.54) is 17.0 Å². The minimum atomic E-state index is -0.326. The van der Waals surface area contributed by atoms with Gasteiger partial charge in [0.1, 0.15) is 5.76 Å². The van der Waals surface area contributed by atoms with Gasteiger partial charge in [-0.25, -0.2) is 10.4 Å². The zero-order valence-electron chi connectivity index (χ0n) is 15.5. The monoisotopic (exact) mass is 482 g/mol. The third-order valence-electron chi connectivity index (χ3n) is 4.09. The van der Waals surface area contributed by atoms with Gasteiger partial charge in [-0.1, -0.05) is 39.8 Å². The summed E-state index contributed by atoms with van der Waals surface area (Å²) in [4.78, 5) is 29.9. The van der Waals surface area contributed by atoms with Gasteiger partial charge in [-0.3, -0.25) is 14.2 Å². The average Bonchev–Trinajstić information content (AvgIpc) is 3.27. The summed E-state index contributed by atoms with van der Waals surface area (Å²) in [6.45, 7) is 0. The van der Waals surface area contributed by atoms with Gasteiger partial charge >= 0.3 is 0 Å². The van der Waals surface area contributed by atoms with E-state index in [2.05, 4.69) is 31.4 Å². The second kappa shape index (κ2) is 9.10. The van der Waals surface area contributed by atoms with Crippen LogP contribution in [0.4, 0.5) is 0 Å². The molecule has 0 aliphatic heterocycles. The molecule has 0 atom stereocenters. The Balaban J connectivity index is 1.60. The molecule has 2 aromatic heterocycles. The van der Waals surface area contributed by atoms with E-state index < -0.39 is 0 Å². The van der Waals surface area contributed by atoms with Crippen LogP contribution >= 0.6 is 27.7 Å². The number of nitrogens with zero attached hydrogens (tertiary/aromatic N) is 3. The molecule has 0 unspecified atom stereocenters. The quantitative estimate of drug-likeness (QED) is 0.194. The Morgan fingerprint density at radius 2 is 1.97 bits per heavy atom. The fourth-order valence-electron chi connectivity index (χ4n) is 2.72. The topological polar surface area (TPSA) is 89.5 Å². The summed E-state index contributed by atoms with van der Waals surface area (Å²) in [5.41, 5.74) is 3.49. The number of carbonyl (C=O) groups is 1. The number of rotatable bonds is 6. The van der Waals surface area contributed by atoms with Crippen LogP contribution in [0.25, 0.3) is 16.6 Å². The first-order valence-electron chi connectivity index (χ1n) is 8.88. The SMILES string of the molecule is O=C(CSc1nc2ccccc2c(=O)n1-c1ccc(Br)cc1)N/N=C/c1ccco1. The van der Waals surface area contributed by atoms with Crippen molar-refractivity contribution in [1.82, 2.24) is 15.0 Å². The van der Waals surface area contributed by atoms with Crippen LogP contribution in [0.15, 0.2) is 90.9 Å². The van der Waals surface area contributed by atoms with E-state index >= 15 is 0 Å². The van der Waals surface area contributed by atoms with Gasteiger partial charge in [0.25, 0.3) is 11.5 Å². The summed E-state index contributed by atoms with van der Waals surface area (Å²) in [7, 11) is 0. The van der Waals surface area contributed by atoms with Crippen LogP contribution in [0.5, 0.6) is 0 Å². The van der Waals surface area contributed by atoms with Gasteiger partial charge in [-0.05, 0) is 48.5 Å². The Labute approximate surface area is 183 Å². The van der Waals surface area contributed by atoms with Crippen molar-refractivity contribution in [2.75, 3.05) is 5.75 Å². The van der Waals surface area contributed by atoms with Crippen LogP contribution in [-0.2, 0) is 4.79 Å². The van der Waals surface area contributed by atoms with Crippen LogP contribution in [0, 0.1) is 0 Å². The molecule has 0 spiro atoms. The Morgan fingerprint density at radius 3 is 2.73 bits per heavy atom. The number of hydrogen-bond acceptors (Lipinski definition) is 6. The number of furan rings is 1. The lowest BCUT2D eigenvalue weighted by atomic mass is 10.2. The van der Waals surface area contributed by atoms with Gasteiger partial charge in [-0.2, -0.15) is 5.10 Å². The molecular formula is C21H15BrN4O3S. The van der Waals surface area contributed by atoms with E-state index in [9.17, 15) is 9.59 Å². The summed E-state index contributed by atoms with van der Waals surface area (Å²) in [5, 5.41) is 4.79. The lowest BCUT2D eigenvalue weighted by Gasteiger charge is -2.13. The lowest BCUT2D eigenvalue weighted by Crippen LogP contribution is -2.24. The predicted octanol–water partition coefficient (Wildman–Crippen LogP) is 3.98. The van der Waals surface area contributed by atoms with Crippen LogP contribution < -0.4 is 11.0 Å². The first-order valence-corrected chi connectivity index (χ1v) is 10.7. The molecule has 9 heteroatoms. The van der Waals surface area contributed by atoms with Gasteiger partial charge in [0.2, 0.25) is 0 Å². The molecule has 2 aromatic carbocycles. The molecule has 4 aromatic rings. The first-order chi connectivity index (χ1) is 14.6. The molecular weight excluding hydrogens is 468 g/mol. The second-order valence-corrected chi connectivity index (χ2v) is 7.98. The Bertz CT molecular complexity index is 1270. The van der Waals surface area contributed by atoms with Crippen LogP contribution in [0.1, 0.15) is 5.76 Å². The highest BCUT2D eigenvalue weighted by atomic mass is 79.9. The number of nitrogens with one attached hydrogen (secondary N) is 1. The number of hydrogen-bond donors (Lipinski definition) is 1.